The molecule has 0 aromatic carbocycles. The predicted octanol–water partition coefficient (Wildman–Crippen LogP) is -0.402. The van der Waals surface area contributed by atoms with Gasteiger partial charge in [0.25, 0.3) is 5.78 Å². The summed E-state index contributed by atoms with van der Waals surface area (Å²) in [5.74, 6) is -0.00236. The van der Waals surface area contributed by atoms with Crippen molar-refractivity contribution in [1.82, 2.24) is 24.5 Å². The molecule has 0 spiro atoms. The fourth-order valence-electron chi connectivity index (χ4n) is 3.02. The number of fused-ring (bicyclic) bond motifs is 2. The number of aromatic nitrogens is 4. The maximum absolute atomic E-state index is 12.0. The Labute approximate surface area is 161 Å². The molecule has 2 aliphatic heterocycles. The summed E-state index contributed by atoms with van der Waals surface area (Å²) in [6.07, 6.45) is 0. The highest BCUT2D eigenvalue weighted by molar-refractivity contribution is 8.01. The molecule has 0 saturated carbocycles. The van der Waals surface area contributed by atoms with E-state index in [0.717, 1.165) is 10.7 Å². The number of nitrogens with zero attached hydrogens (tertiary/aromatic N) is 5. The van der Waals surface area contributed by atoms with Gasteiger partial charge in [-0.2, -0.15) is 9.50 Å². The molecule has 2 aromatic rings. The first-order valence-corrected chi connectivity index (χ1v) is 10.1. The Hall–Kier alpha value is -2.15. The van der Waals surface area contributed by atoms with Crippen molar-refractivity contribution < 1.29 is 19.8 Å². The Morgan fingerprint density at radius 3 is 2.96 bits per heavy atom. The number of aliphatic hydroxyl groups is 1. The molecular formula is C15H16N6O4S2. The summed E-state index contributed by atoms with van der Waals surface area (Å²) in [5.41, 5.74) is 7.17. The van der Waals surface area contributed by atoms with Crippen molar-refractivity contribution in [2.45, 2.75) is 30.0 Å². The van der Waals surface area contributed by atoms with Gasteiger partial charge in [0, 0.05) is 17.2 Å². The number of aliphatic hydroxyl groups excluding tert-OH is 1. The molecule has 0 radical (unpaired) electrons. The van der Waals surface area contributed by atoms with E-state index in [2.05, 4.69) is 15.1 Å². The maximum Gasteiger partial charge on any atom is 0.352 e. The Morgan fingerprint density at radius 1 is 1.48 bits per heavy atom. The molecule has 2 atom stereocenters. The minimum atomic E-state index is -1.13. The molecule has 12 heteroatoms. The molecule has 0 aliphatic carbocycles. The largest absolute Gasteiger partial charge is 0.477 e. The van der Waals surface area contributed by atoms with Crippen LogP contribution in [0.15, 0.2) is 22.4 Å². The lowest BCUT2D eigenvalue weighted by atomic mass is 10.0. The molecule has 2 aliphatic rings. The van der Waals surface area contributed by atoms with Gasteiger partial charge in [-0.05, 0) is 18.6 Å². The third-order valence-corrected chi connectivity index (χ3v) is 6.72. The Kier molecular flexibility index (Phi) is 4.58. The molecule has 1 amide bonds. The van der Waals surface area contributed by atoms with E-state index in [1.165, 1.54) is 32.9 Å². The van der Waals surface area contributed by atoms with E-state index in [0.29, 0.717) is 22.9 Å². The summed E-state index contributed by atoms with van der Waals surface area (Å²) in [6, 6.07) is 1.17. The van der Waals surface area contributed by atoms with Crippen molar-refractivity contribution in [2.75, 3.05) is 11.5 Å². The number of nitrogens with two attached hydrogens (primary N) is 1. The molecule has 0 unspecified atom stereocenters. The highest BCUT2D eigenvalue weighted by Gasteiger charge is 2.51. The van der Waals surface area contributed by atoms with Crippen LogP contribution in [-0.4, -0.2) is 69.5 Å². The molecule has 4 rings (SSSR count). The summed E-state index contributed by atoms with van der Waals surface area (Å²) >= 11 is 2.85. The molecule has 10 nitrogen and oxygen atoms in total. The van der Waals surface area contributed by atoms with Crippen LogP contribution >= 0.6 is 23.5 Å². The van der Waals surface area contributed by atoms with Crippen molar-refractivity contribution in [3.05, 3.63) is 28.9 Å². The minimum Gasteiger partial charge on any atom is -0.477 e. The summed E-state index contributed by atoms with van der Waals surface area (Å²) in [4.78, 5) is 33.5. The van der Waals surface area contributed by atoms with Gasteiger partial charge in [-0.15, -0.1) is 28.6 Å². The van der Waals surface area contributed by atoms with Crippen molar-refractivity contribution >= 4 is 41.2 Å². The number of thioether (sulfide) groups is 2. The van der Waals surface area contributed by atoms with Crippen LogP contribution in [0.4, 0.5) is 0 Å². The van der Waals surface area contributed by atoms with Gasteiger partial charge < -0.3 is 15.9 Å². The summed E-state index contributed by atoms with van der Waals surface area (Å²) in [5, 5.41) is 23.5. The zero-order valence-corrected chi connectivity index (χ0v) is 15.8. The van der Waals surface area contributed by atoms with E-state index in [1.54, 1.807) is 0 Å². The van der Waals surface area contributed by atoms with Crippen molar-refractivity contribution in [1.29, 1.82) is 0 Å². The Morgan fingerprint density at radius 2 is 2.26 bits per heavy atom. The highest BCUT2D eigenvalue weighted by Crippen LogP contribution is 2.40. The number of amides is 1. The average Bonchev–Trinajstić information content (AvgIpc) is 3.07. The number of aliphatic carboxylic acids is 1. The Bertz CT molecular complexity index is 990. The number of rotatable bonds is 5. The third kappa shape index (κ3) is 2.98. The van der Waals surface area contributed by atoms with Crippen LogP contribution in [0.1, 0.15) is 11.5 Å². The summed E-state index contributed by atoms with van der Waals surface area (Å²) in [6.45, 7) is 1.52. The topological polar surface area (TPSA) is 147 Å². The first-order chi connectivity index (χ1) is 12.9. The molecule has 4 N–H and O–H groups in total. The number of hydrogen-bond acceptors (Lipinski definition) is 9. The lowest BCUT2D eigenvalue weighted by molar-refractivity contribution is -0.147. The number of β-lactam (4-membered cyclic amide) rings is 1. The van der Waals surface area contributed by atoms with E-state index in [9.17, 15) is 19.8 Å². The second kappa shape index (κ2) is 6.78. The van der Waals surface area contributed by atoms with Gasteiger partial charge in [0.05, 0.1) is 0 Å². The fourth-order valence-corrected chi connectivity index (χ4v) is 5.50. The fraction of sp³-hybridized carbons (Fsp3) is 0.400. The van der Waals surface area contributed by atoms with E-state index in [1.807, 2.05) is 13.0 Å². The summed E-state index contributed by atoms with van der Waals surface area (Å²) in [7, 11) is 0. The monoisotopic (exact) mass is 408 g/mol. The quantitative estimate of drug-likeness (QED) is 0.339. The molecule has 0 bridgehead atoms. The third-order valence-electron chi connectivity index (χ3n) is 4.28. The second-order valence-electron chi connectivity index (χ2n) is 6.12. The molecule has 142 valence electrons. The molecule has 1 fully saturated rings. The second-order valence-corrected chi connectivity index (χ2v) is 8.22. The normalized spacial score (nSPS) is 22.2. The lowest BCUT2D eigenvalue weighted by Crippen LogP contribution is -2.68. The molecule has 4 heterocycles. The van der Waals surface area contributed by atoms with E-state index < -0.39 is 12.0 Å². The van der Waals surface area contributed by atoms with E-state index >= 15 is 0 Å². The number of carbonyl (C=O) groups excluding carboxylic acids is 1. The van der Waals surface area contributed by atoms with Crippen molar-refractivity contribution in [3.63, 3.8) is 0 Å². The zero-order valence-electron chi connectivity index (χ0n) is 14.2. The number of hydrogen-bond donors (Lipinski definition) is 3. The number of carboxylic acids is 1. The van der Waals surface area contributed by atoms with Gasteiger partial charge in [-0.3, -0.25) is 9.69 Å². The number of aryl methyl sites for hydroxylation is 1. The SMILES string of the molecule is Cc1cc(SCC2=C(C(=O)O)N3C(=O)[C@@H](N)[C@H]3SC2)n2nc(CO)nc2n1. The standard InChI is InChI=1S/C15H16N6O4S2/c1-6-2-9(21-15(17-6)18-8(3-22)19-21)26-4-7-5-27-13-10(16)12(23)20(13)11(7)14(24)25/h2,10,13,22H,3-5,16H2,1H3,(H,24,25)/t10-,13-/m1/s1. The first kappa shape index (κ1) is 18.2. The summed E-state index contributed by atoms with van der Waals surface area (Å²) < 4.78 is 1.52. The molecule has 27 heavy (non-hydrogen) atoms. The molecular weight excluding hydrogens is 392 g/mol. The van der Waals surface area contributed by atoms with Gasteiger partial charge in [0.15, 0.2) is 5.82 Å². The predicted molar refractivity (Wildman–Crippen MR) is 97.9 cm³/mol. The zero-order chi connectivity index (χ0) is 19.3. The average molecular weight is 408 g/mol. The van der Waals surface area contributed by atoms with Gasteiger partial charge in [-0.25, -0.2) is 9.78 Å². The smallest absolute Gasteiger partial charge is 0.352 e. The van der Waals surface area contributed by atoms with Crippen LogP contribution in [0.25, 0.3) is 5.78 Å². The number of carboxylic acid groups (broad SMARTS) is 1. The van der Waals surface area contributed by atoms with Gasteiger partial charge in [0.1, 0.15) is 28.7 Å². The van der Waals surface area contributed by atoms with Crippen LogP contribution < -0.4 is 5.73 Å². The van der Waals surface area contributed by atoms with Crippen molar-refractivity contribution in [3.8, 4) is 0 Å². The van der Waals surface area contributed by atoms with Gasteiger partial charge in [-0.1, -0.05) is 0 Å². The number of carbonyl (C=O) groups is 2. The lowest BCUT2D eigenvalue weighted by Gasteiger charge is -2.48. The van der Waals surface area contributed by atoms with E-state index in [4.69, 9.17) is 5.73 Å². The van der Waals surface area contributed by atoms with Crippen LogP contribution in [0.3, 0.4) is 0 Å². The highest BCUT2D eigenvalue weighted by atomic mass is 32.2. The Balaban J connectivity index is 1.64. The minimum absolute atomic E-state index is 0.0228. The van der Waals surface area contributed by atoms with Crippen molar-refractivity contribution in [2.24, 2.45) is 5.73 Å². The van der Waals surface area contributed by atoms with Gasteiger partial charge in [0.2, 0.25) is 5.91 Å². The van der Waals surface area contributed by atoms with E-state index in [-0.39, 0.29) is 29.4 Å². The maximum atomic E-state index is 12.0. The molecule has 2 aromatic heterocycles. The van der Waals surface area contributed by atoms with Crippen LogP contribution in [0, 0.1) is 6.92 Å². The van der Waals surface area contributed by atoms with Crippen LogP contribution in [0.2, 0.25) is 0 Å². The van der Waals surface area contributed by atoms with Crippen LogP contribution in [0.5, 0.6) is 0 Å². The van der Waals surface area contributed by atoms with Crippen LogP contribution in [-0.2, 0) is 16.2 Å². The van der Waals surface area contributed by atoms with Gasteiger partial charge >= 0.3 is 5.97 Å². The first-order valence-electron chi connectivity index (χ1n) is 8.03. The molecule has 1 saturated heterocycles.